The van der Waals surface area contributed by atoms with E-state index in [1.54, 1.807) is 30.3 Å². The second-order valence-electron chi connectivity index (χ2n) is 7.96. The Morgan fingerprint density at radius 2 is 1.63 bits per heavy atom. The number of Topliss-reactive ketones (excluding diaryl/α,β-unsaturated/α-hetero) is 2. The first kappa shape index (κ1) is 22.8. The van der Waals surface area contributed by atoms with Gasteiger partial charge in [-0.05, 0) is 67.5 Å². The molecule has 1 aliphatic carbocycles. The Balaban J connectivity index is 1.34. The van der Waals surface area contributed by atoms with Gasteiger partial charge in [-0.1, -0.05) is 36.0 Å². The van der Waals surface area contributed by atoms with E-state index in [4.69, 9.17) is 27.9 Å². The maximum Gasteiger partial charge on any atom is 0.170 e. The third-order valence-corrected chi connectivity index (χ3v) is 6.28. The van der Waals surface area contributed by atoms with Crippen LogP contribution in [0.4, 0.5) is 4.39 Å². The van der Waals surface area contributed by atoms with Gasteiger partial charge in [-0.2, -0.15) is 0 Å². The van der Waals surface area contributed by atoms with Crippen molar-refractivity contribution in [1.29, 1.82) is 0 Å². The SMILES string of the molecule is O=C(COc1ccc(Cl)c(F)c1)CC1CCC(CCC(=O)c2ccc(Cl)cc2)CC1. The first-order chi connectivity index (χ1) is 14.4. The lowest BCUT2D eigenvalue weighted by Gasteiger charge is -2.28. The van der Waals surface area contributed by atoms with Crippen LogP contribution in [0.3, 0.4) is 0 Å². The van der Waals surface area contributed by atoms with E-state index in [0.717, 1.165) is 32.1 Å². The lowest BCUT2D eigenvalue weighted by molar-refractivity contribution is -0.122. The van der Waals surface area contributed by atoms with Gasteiger partial charge in [0.25, 0.3) is 0 Å². The van der Waals surface area contributed by atoms with Crippen molar-refractivity contribution in [2.75, 3.05) is 6.61 Å². The number of hydrogen-bond acceptors (Lipinski definition) is 3. The molecule has 2 aromatic carbocycles. The van der Waals surface area contributed by atoms with Crippen molar-refractivity contribution >= 4 is 34.8 Å². The molecule has 0 heterocycles. The Morgan fingerprint density at radius 1 is 0.967 bits per heavy atom. The maximum absolute atomic E-state index is 13.4. The molecular formula is C24H25Cl2FO3. The van der Waals surface area contributed by atoms with E-state index in [1.165, 1.54) is 12.1 Å². The minimum absolute atomic E-state index is 0.0201. The van der Waals surface area contributed by atoms with E-state index in [-0.39, 0.29) is 23.2 Å². The summed E-state index contributed by atoms with van der Waals surface area (Å²) in [7, 11) is 0. The minimum Gasteiger partial charge on any atom is -0.486 e. The van der Waals surface area contributed by atoms with Crippen LogP contribution in [-0.2, 0) is 4.79 Å². The van der Waals surface area contributed by atoms with Gasteiger partial charge in [-0.25, -0.2) is 4.39 Å². The molecule has 3 rings (SSSR count). The summed E-state index contributed by atoms with van der Waals surface area (Å²) in [5, 5.41) is 0.658. The summed E-state index contributed by atoms with van der Waals surface area (Å²) in [6, 6.07) is 11.2. The molecule has 3 nitrogen and oxygen atoms in total. The van der Waals surface area contributed by atoms with Gasteiger partial charge in [0.2, 0.25) is 0 Å². The highest BCUT2D eigenvalue weighted by atomic mass is 35.5. The Bertz CT molecular complexity index is 875. The second kappa shape index (κ2) is 10.9. The Kier molecular flexibility index (Phi) is 8.29. The van der Waals surface area contributed by atoms with Crippen molar-refractivity contribution in [1.82, 2.24) is 0 Å². The maximum atomic E-state index is 13.4. The fraction of sp³-hybridized carbons (Fsp3) is 0.417. The lowest BCUT2D eigenvalue weighted by Crippen LogP contribution is -2.21. The van der Waals surface area contributed by atoms with Crippen molar-refractivity contribution < 1.29 is 18.7 Å². The molecule has 30 heavy (non-hydrogen) atoms. The second-order valence-corrected chi connectivity index (χ2v) is 8.81. The van der Waals surface area contributed by atoms with Gasteiger partial charge in [0.15, 0.2) is 11.6 Å². The van der Waals surface area contributed by atoms with Crippen LogP contribution >= 0.6 is 23.2 Å². The Morgan fingerprint density at radius 3 is 2.30 bits per heavy atom. The number of carbonyl (C=O) groups is 2. The molecule has 0 atom stereocenters. The van der Waals surface area contributed by atoms with E-state index in [2.05, 4.69) is 0 Å². The molecule has 0 aromatic heterocycles. The number of rotatable bonds is 9. The van der Waals surface area contributed by atoms with Crippen LogP contribution in [0.2, 0.25) is 10.0 Å². The fourth-order valence-electron chi connectivity index (χ4n) is 3.95. The van der Waals surface area contributed by atoms with E-state index in [1.807, 2.05) is 0 Å². The first-order valence-corrected chi connectivity index (χ1v) is 11.0. The zero-order valence-corrected chi connectivity index (χ0v) is 18.2. The van der Waals surface area contributed by atoms with Crippen LogP contribution < -0.4 is 4.74 Å². The average Bonchev–Trinajstić information content (AvgIpc) is 2.74. The topological polar surface area (TPSA) is 43.4 Å². The number of hydrogen-bond donors (Lipinski definition) is 0. The Hall–Kier alpha value is -1.91. The number of benzene rings is 2. The van der Waals surface area contributed by atoms with Gasteiger partial charge in [-0.15, -0.1) is 0 Å². The molecule has 0 unspecified atom stereocenters. The van der Waals surface area contributed by atoms with E-state index in [0.29, 0.717) is 41.0 Å². The highest BCUT2D eigenvalue weighted by molar-refractivity contribution is 6.31. The van der Waals surface area contributed by atoms with Crippen LogP contribution in [0.5, 0.6) is 5.75 Å². The first-order valence-electron chi connectivity index (χ1n) is 10.3. The zero-order chi connectivity index (χ0) is 21.5. The van der Waals surface area contributed by atoms with Gasteiger partial charge in [0, 0.05) is 29.5 Å². The largest absolute Gasteiger partial charge is 0.486 e. The normalized spacial score (nSPS) is 18.8. The summed E-state index contributed by atoms with van der Waals surface area (Å²) in [5.41, 5.74) is 0.708. The predicted octanol–water partition coefficient (Wildman–Crippen LogP) is 6.94. The highest BCUT2D eigenvalue weighted by Gasteiger charge is 2.24. The van der Waals surface area contributed by atoms with Crippen LogP contribution in [0.25, 0.3) is 0 Å². The standard InChI is InChI=1S/C24H25Cl2FO3/c25-19-8-6-18(7-9-19)24(29)12-5-16-1-3-17(4-2-16)13-20(28)15-30-21-10-11-22(26)23(27)14-21/h6-11,14,16-17H,1-5,12-13,15H2. The predicted molar refractivity (Wildman–Crippen MR) is 117 cm³/mol. The van der Waals surface area contributed by atoms with Crippen LogP contribution in [-0.4, -0.2) is 18.2 Å². The third-order valence-electron chi connectivity index (χ3n) is 5.72. The van der Waals surface area contributed by atoms with E-state index >= 15 is 0 Å². The molecule has 0 bridgehead atoms. The molecule has 0 amide bonds. The molecule has 1 saturated carbocycles. The molecule has 0 radical (unpaired) electrons. The van der Waals surface area contributed by atoms with Crippen molar-refractivity contribution in [2.45, 2.75) is 44.9 Å². The van der Waals surface area contributed by atoms with Gasteiger partial charge in [-0.3, -0.25) is 9.59 Å². The number of halogens is 3. The fourth-order valence-corrected chi connectivity index (χ4v) is 4.19. The van der Waals surface area contributed by atoms with Crippen molar-refractivity contribution in [3.63, 3.8) is 0 Å². The number of carbonyl (C=O) groups excluding carboxylic acids is 2. The summed E-state index contributed by atoms with van der Waals surface area (Å²) in [5.74, 6) is 0.799. The van der Waals surface area contributed by atoms with Crippen LogP contribution in [0.15, 0.2) is 42.5 Å². The van der Waals surface area contributed by atoms with Gasteiger partial charge >= 0.3 is 0 Å². The quantitative estimate of drug-likeness (QED) is 0.388. The molecule has 6 heteroatoms. The molecular weight excluding hydrogens is 426 g/mol. The average molecular weight is 451 g/mol. The highest BCUT2D eigenvalue weighted by Crippen LogP contribution is 2.33. The minimum atomic E-state index is -0.561. The van der Waals surface area contributed by atoms with Gasteiger partial charge < -0.3 is 4.74 Å². The van der Waals surface area contributed by atoms with Gasteiger partial charge in [0.1, 0.15) is 18.2 Å². The summed E-state index contributed by atoms with van der Waals surface area (Å²) in [4.78, 5) is 24.5. The molecule has 2 aromatic rings. The van der Waals surface area contributed by atoms with Crippen LogP contribution in [0.1, 0.15) is 55.3 Å². The van der Waals surface area contributed by atoms with Crippen molar-refractivity contribution in [3.8, 4) is 5.75 Å². The van der Waals surface area contributed by atoms with Crippen LogP contribution in [0, 0.1) is 17.7 Å². The zero-order valence-electron chi connectivity index (χ0n) is 16.7. The molecule has 0 aliphatic heterocycles. The monoisotopic (exact) mass is 450 g/mol. The molecule has 0 spiro atoms. The van der Waals surface area contributed by atoms with Gasteiger partial charge in [0.05, 0.1) is 5.02 Å². The lowest BCUT2D eigenvalue weighted by atomic mass is 9.78. The summed E-state index contributed by atoms with van der Waals surface area (Å²) < 4.78 is 18.8. The van der Waals surface area contributed by atoms with Crippen molar-refractivity contribution in [2.24, 2.45) is 11.8 Å². The van der Waals surface area contributed by atoms with E-state index in [9.17, 15) is 14.0 Å². The summed E-state index contributed by atoms with van der Waals surface area (Å²) in [6.45, 7) is -0.0589. The summed E-state index contributed by atoms with van der Waals surface area (Å²) >= 11 is 11.5. The van der Waals surface area contributed by atoms with Crippen molar-refractivity contribution in [3.05, 3.63) is 63.9 Å². The van der Waals surface area contributed by atoms with E-state index < -0.39 is 5.82 Å². The Labute approximate surface area is 186 Å². The number of ether oxygens (including phenoxy) is 1. The molecule has 0 N–H and O–H groups in total. The smallest absolute Gasteiger partial charge is 0.170 e. The molecule has 1 fully saturated rings. The number of ketones is 2. The molecule has 0 saturated heterocycles. The summed E-state index contributed by atoms with van der Waals surface area (Å²) in [6.07, 6.45) is 5.95. The molecule has 160 valence electrons. The third kappa shape index (κ3) is 6.82. The molecule has 1 aliphatic rings.